The third-order valence-corrected chi connectivity index (χ3v) is 4.39. The van der Waals surface area contributed by atoms with E-state index in [4.69, 9.17) is 12.2 Å². The Kier molecular flexibility index (Phi) is 5.86. The first kappa shape index (κ1) is 17.9. The molecule has 1 heterocycles. The molecule has 0 radical (unpaired) electrons. The molecule has 0 unspecified atom stereocenters. The van der Waals surface area contributed by atoms with Gasteiger partial charge in [0, 0.05) is 29.3 Å². The maximum absolute atomic E-state index is 11.3. The van der Waals surface area contributed by atoms with Gasteiger partial charge in [0.1, 0.15) is 0 Å². The molecule has 0 fully saturated rings. The number of aromatic nitrogens is 1. The van der Waals surface area contributed by atoms with Gasteiger partial charge in [-0.2, -0.15) is 0 Å². The van der Waals surface area contributed by atoms with Gasteiger partial charge in [0.15, 0.2) is 5.11 Å². The smallest absolute Gasteiger partial charge is 0.309 e. The van der Waals surface area contributed by atoms with E-state index in [-0.39, 0.29) is 12.4 Å². The SMILES string of the molecule is COC(=O)Cc1ccc(NC(=S)NCCc2c[nH]c3ccccc23)cc1. The summed E-state index contributed by atoms with van der Waals surface area (Å²) in [6, 6.07) is 15.8. The highest BCUT2D eigenvalue weighted by Crippen LogP contribution is 2.17. The zero-order chi connectivity index (χ0) is 18.4. The second kappa shape index (κ2) is 8.49. The number of ether oxygens (including phenoxy) is 1. The first-order chi connectivity index (χ1) is 12.7. The lowest BCUT2D eigenvalue weighted by atomic mass is 10.1. The van der Waals surface area contributed by atoms with E-state index in [0.717, 1.165) is 29.7 Å². The van der Waals surface area contributed by atoms with Gasteiger partial charge in [-0.05, 0) is 48.0 Å². The monoisotopic (exact) mass is 367 g/mol. The zero-order valence-electron chi connectivity index (χ0n) is 14.5. The van der Waals surface area contributed by atoms with Crippen molar-refractivity contribution in [2.75, 3.05) is 19.0 Å². The number of rotatable bonds is 6. The molecule has 0 spiro atoms. The van der Waals surface area contributed by atoms with Crippen molar-refractivity contribution in [1.82, 2.24) is 10.3 Å². The number of benzene rings is 2. The molecule has 0 aliphatic carbocycles. The molecule has 0 amide bonds. The molecule has 2 aromatic carbocycles. The lowest BCUT2D eigenvalue weighted by Crippen LogP contribution is -2.30. The van der Waals surface area contributed by atoms with Crippen LogP contribution >= 0.6 is 12.2 Å². The van der Waals surface area contributed by atoms with Crippen LogP contribution in [0.4, 0.5) is 5.69 Å². The van der Waals surface area contributed by atoms with Crippen LogP contribution in [0.1, 0.15) is 11.1 Å². The van der Waals surface area contributed by atoms with Crippen LogP contribution in [-0.4, -0.2) is 29.7 Å². The van der Waals surface area contributed by atoms with Gasteiger partial charge >= 0.3 is 5.97 Å². The van der Waals surface area contributed by atoms with Crippen molar-refractivity contribution in [2.24, 2.45) is 0 Å². The Bertz CT molecular complexity index is 903. The van der Waals surface area contributed by atoms with Crippen LogP contribution in [0.3, 0.4) is 0 Å². The van der Waals surface area contributed by atoms with Crippen LogP contribution in [0.2, 0.25) is 0 Å². The predicted molar refractivity (Wildman–Crippen MR) is 108 cm³/mol. The predicted octanol–water partition coefficient (Wildman–Crippen LogP) is 3.41. The van der Waals surface area contributed by atoms with Gasteiger partial charge in [-0.1, -0.05) is 30.3 Å². The molecule has 3 rings (SSSR count). The maximum Gasteiger partial charge on any atom is 0.309 e. The Morgan fingerprint density at radius 3 is 2.69 bits per heavy atom. The van der Waals surface area contributed by atoms with Crippen LogP contribution in [0.5, 0.6) is 0 Å². The van der Waals surface area contributed by atoms with Crippen LogP contribution in [0.15, 0.2) is 54.7 Å². The van der Waals surface area contributed by atoms with E-state index >= 15 is 0 Å². The molecule has 3 aromatic rings. The fraction of sp³-hybridized carbons (Fsp3) is 0.200. The Hall–Kier alpha value is -2.86. The number of anilines is 1. The highest BCUT2D eigenvalue weighted by Gasteiger charge is 2.05. The van der Waals surface area contributed by atoms with E-state index < -0.39 is 0 Å². The van der Waals surface area contributed by atoms with Crippen molar-refractivity contribution in [2.45, 2.75) is 12.8 Å². The molecule has 0 aliphatic rings. The molecule has 0 saturated carbocycles. The van der Waals surface area contributed by atoms with Gasteiger partial charge < -0.3 is 20.4 Å². The molecular weight excluding hydrogens is 346 g/mol. The number of esters is 1. The van der Waals surface area contributed by atoms with Crippen LogP contribution < -0.4 is 10.6 Å². The molecule has 5 nitrogen and oxygen atoms in total. The third kappa shape index (κ3) is 4.61. The molecule has 0 aliphatic heterocycles. The quantitative estimate of drug-likeness (QED) is 0.460. The van der Waals surface area contributed by atoms with Crippen molar-refractivity contribution >= 4 is 39.9 Å². The minimum Gasteiger partial charge on any atom is -0.469 e. The molecule has 0 atom stereocenters. The highest BCUT2D eigenvalue weighted by atomic mass is 32.1. The molecule has 134 valence electrons. The zero-order valence-corrected chi connectivity index (χ0v) is 15.4. The number of para-hydroxylation sites is 1. The Morgan fingerprint density at radius 1 is 1.15 bits per heavy atom. The summed E-state index contributed by atoms with van der Waals surface area (Å²) in [5.41, 5.74) is 4.20. The van der Waals surface area contributed by atoms with Gasteiger partial charge in [0.25, 0.3) is 0 Å². The number of nitrogens with one attached hydrogen (secondary N) is 3. The second-order valence-corrected chi connectivity index (χ2v) is 6.35. The van der Waals surface area contributed by atoms with E-state index in [2.05, 4.69) is 32.5 Å². The Morgan fingerprint density at radius 2 is 1.92 bits per heavy atom. The van der Waals surface area contributed by atoms with Gasteiger partial charge in [0.05, 0.1) is 13.5 Å². The summed E-state index contributed by atoms with van der Waals surface area (Å²) in [5, 5.41) is 8.19. The maximum atomic E-state index is 11.3. The highest BCUT2D eigenvalue weighted by molar-refractivity contribution is 7.80. The van der Waals surface area contributed by atoms with E-state index in [1.807, 2.05) is 42.6 Å². The number of methoxy groups -OCH3 is 1. The number of hydrogen-bond acceptors (Lipinski definition) is 3. The average Bonchev–Trinajstić information content (AvgIpc) is 3.06. The molecule has 1 aromatic heterocycles. The lowest BCUT2D eigenvalue weighted by Gasteiger charge is -2.11. The summed E-state index contributed by atoms with van der Waals surface area (Å²) in [6.45, 7) is 0.744. The summed E-state index contributed by atoms with van der Waals surface area (Å²) in [6.07, 6.45) is 3.19. The van der Waals surface area contributed by atoms with Gasteiger partial charge in [-0.3, -0.25) is 4.79 Å². The van der Waals surface area contributed by atoms with Crippen molar-refractivity contribution in [1.29, 1.82) is 0 Å². The van der Waals surface area contributed by atoms with Crippen molar-refractivity contribution < 1.29 is 9.53 Å². The lowest BCUT2D eigenvalue weighted by molar-refractivity contribution is -0.139. The Labute approximate surface area is 157 Å². The first-order valence-electron chi connectivity index (χ1n) is 8.41. The first-order valence-corrected chi connectivity index (χ1v) is 8.82. The number of H-pyrrole nitrogens is 1. The molecule has 26 heavy (non-hydrogen) atoms. The molecular formula is C20H21N3O2S. The largest absolute Gasteiger partial charge is 0.469 e. The van der Waals surface area contributed by atoms with Crippen LogP contribution in [0, 0.1) is 0 Å². The average molecular weight is 367 g/mol. The number of hydrogen-bond donors (Lipinski definition) is 3. The number of thiocarbonyl (C=S) groups is 1. The van der Waals surface area contributed by atoms with Crippen LogP contribution in [0.25, 0.3) is 10.9 Å². The minimum atomic E-state index is -0.250. The summed E-state index contributed by atoms with van der Waals surface area (Å²) >= 11 is 5.34. The number of carbonyl (C=O) groups is 1. The van der Waals surface area contributed by atoms with Crippen molar-refractivity contribution in [3.05, 3.63) is 65.9 Å². The number of fused-ring (bicyclic) bond motifs is 1. The molecule has 6 heteroatoms. The normalized spacial score (nSPS) is 10.5. The van der Waals surface area contributed by atoms with Crippen molar-refractivity contribution in [3.63, 3.8) is 0 Å². The topological polar surface area (TPSA) is 66.2 Å². The summed E-state index contributed by atoms with van der Waals surface area (Å²) in [4.78, 5) is 14.6. The molecule has 0 bridgehead atoms. The fourth-order valence-electron chi connectivity index (χ4n) is 2.77. The standard InChI is InChI=1S/C20H21N3O2S/c1-25-19(24)12-14-6-8-16(9-7-14)23-20(26)21-11-10-15-13-22-18-5-3-2-4-17(15)18/h2-9,13,22H,10-12H2,1H3,(H2,21,23,26). The van der Waals surface area contributed by atoms with E-state index in [0.29, 0.717) is 5.11 Å². The number of carbonyl (C=O) groups excluding carboxylic acids is 1. The fourth-order valence-corrected chi connectivity index (χ4v) is 2.99. The number of aromatic amines is 1. The minimum absolute atomic E-state index is 0.250. The van der Waals surface area contributed by atoms with Gasteiger partial charge in [-0.25, -0.2) is 0 Å². The third-order valence-electron chi connectivity index (χ3n) is 4.14. The summed E-state index contributed by atoms with van der Waals surface area (Å²) in [7, 11) is 1.39. The van der Waals surface area contributed by atoms with Crippen molar-refractivity contribution in [3.8, 4) is 0 Å². The van der Waals surface area contributed by atoms with Gasteiger partial charge in [0.2, 0.25) is 0 Å². The molecule has 3 N–H and O–H groups in total. The van der Waals surface area contributed by atoms with E-state index in [1.54, 1.807) is 0 Å². The van der Waals surface area contributed by atoms with E-state index in [9.17, 15) is 4.79 Å². The second-order valence-electron chi connectivity index (χ2n) is 5.94. The van der Waals surface area contributed by atoms with E-state index in [1.165, 1.54) is 18.1 Å². The summed E-state index contributed by atoms with van der Waals surface area (Å²) in [5.74, 6) is -0.250. The Balaban J connectivity index is 1.47. The summed E-state index contributed by atoms with van der Waals surface area (Å²) < 4.78 is 4.66. The van der Waals surface area contributed by atoms with Crippen LogP contribution in [-0.2, 0) is 22.4 Å². The molecule has 0 saturated heterocycles. The van der Waals surface area contributed by atoms with Gasteiger partial charge in [-0.15, -0.1) is 0 Å².